The zero-order chi connectivity index (χ0) is 16.7. The monoisotopic (exact) mass is 344 g/mol. The average Bonchev–Trinajstić information content (AvgIpc) is 3.42. The van der Waals surface area contributed by atoms with Gasteiger partial charge in [-0.1, -0.05) is 91.0 Å². The van der Waals surface area contributed by atoms with Gasteiger partial charge < -0.3 is 4.52 Å². The third-order valence-electron chi connectivity index (χ3n) is 5.61. The molecule has 1 aliphatic heterocycles. The van der Waals surface area contributed by atoms with Crippen LogP contribution in [-0.4, -0.2) is 5.34 Å². The highest BCUT2D eigenvalue weighted by molar-refractivity contribution is 7.62. The molecule has 1 saturated heterocycles. The molecule has 1 heterocycles. The Morgan fingerprint density at radius 2 is 1.04 bits per heavy atom. The summed E-state index contributed by atoms with van der Waals surface area (Å²) in [6.45, 7) is 0. The van der Waals surface area contributed by atoms with E-state index >= 15 is 0 Å². The molecule has 3 aromatic rings. The molecule has 3 aromatic carbocycles. The summed E-state index contributed by atoms with van der Waals surface area (Å²) in [5.41, 5.74) is 4.05. The van der Waals surface area contributed by atoms with Gasteiger partial charge in [0.2, 0.25) is 0 Å². The molecule has 1 spiro atoms. The lowest BCUT2D eigenvalue weighted by Crippen LogP contribution is -2.29. The highest BCUT2D eigenvalue weighted by Crippen LogP contribution is 2.88. The molecule has 5 rings (SSSR count). The fraction of sp³-hybridized carbons (Fsp3) is 0.217. The SMILES string of the molecule is c1ccc(C(c2ccccc2)(c2ccccc2)P2OC23CCC3)cc1. The highest BCUT2D eigenvalue weighted by atomic mass is 31.2. The van der Waals surface area contributed by atoms with E-state index in [-0.39, 0.29) is 10.5 Å². The Morgan fingerprint density at radius 3 is 1.32 bits per heavy atom. The Morgan fingerprint density at radius 1 is 0.640 bits per heavy atom. The molecule has 124 valence electrons. The molecule has 0 aromatic heterocycles. The molecule has 25 heavy (non-hydrogen) atoms. The summed E-state index contributed by atoms with van der Waals surface area (Å²) in [7, 11) is -0.586. The van der Waals surface area contributed by atoms with Crippen molar-refractivity contribution >= 4 is 8.15 Å². The van der Waals surface area contributed by atoms with Crippen molar-refractivity contribution in [2.45, 2.75) is 29.8 Å². The second kappa shape index (κ2) is 5.80. The summed E-state index contributed by atoms with van der Waals surface area (Å²) < 4.78 is 6.53. The fourth-order valence-electron chi connectivity index (χ4n) is 4.19. The first-order chi connectivity index (χ1) is 12.4. The molecule has 1 unspecified atom stereocenters. The summed E-state index contributed by atoms with van der Waals surface area (Å²) in [4.78, 5) is 0. The minimum atomic E-state index is -0.586. The van der Waals surface area contributed by atoms with E-state index < -0.39 is 8.15 Å². The van der Waals surface area contributed by atoms with Gasteiger partial charge in [-0.2, -0.15) is 0 Å². The van der Waals surface area contributed by atoms with Crippen LogP contribution in [0.2, 0.25) is 0 Å². The third-order valence-corrected chi connectivity index (χ3v) is 8.64. The normalized spacial score (nSPS) is 20.9. The van der Waals surface area contributed by atoms with Crippen molar-refractivity contribution in [1.29, 1.82) is 0 Å². The molecule has 0 bridgehead atoms. The van der Waals surface area contributed by atoms with Crippen LogP contribution in [0.3, 0.4) is 0 Å². The quantitative estimate of drug-likeness (QED) is 0.308. The lowest BCUT2D eigenvalue weighted by molar-refractivity contribution is 0.202. The van der Waals surface area contributed by atoms with E-state index in [1.165, 1.54) is 36.0 Å². The summed E-state index contributed by atoms with van der Waals surface area (Å²) >= 11 is 0. The Kier molecular flexibility index (Phi) is 3.55. The van der Waals surface area contributed by atoms with Gasteiger partial charge in [-0.3, -0.25) is 0 Å². The number of benzene rings is 3. The molecule has 2 aliphatic rings. The first-order valence-corrected chi connectivity index (χ1v) is 10.3. The zero-order valence-electron chi connectivity index (χ0n) is 14.1. The largest absolute Gasteiger partial charge is 0.341 e. The van der Waals surface area contributed by atoms with E-state index in [9.17, 15) is 0 Å². The van der Waals surface area contributed by atoms with Crippen LogP contribution < -0.4 is 0 Å². The number of rotatable bonds is 4. The molecular formula is C23H21OP. The Balaban J connectivity index is 1.79. The minimum absolute atomic E-state index is 0.150. The molecule has 0 N–H and O–H groups in total. The van der Waals surface area contributed by atoms with Gasteiger partial charge in [0.25, 0.3) is 0 Å². The van der Waals surface area contributed by atoms with Crippen LogP contribution in [0.15, 0.2) is 91.0 Å². The van der Waals surface area contributed by atoms with Crippen LogP contribution in [0.4, 0.5) is 0 Å². The second-order valence-electron chi connectivity index (χ2n) is 6.99. The van der Waals surface area contributed by atoms with Crippen molar-refractivity contribution in [3.05, 3.63) is 108 Å². The molecule has 1 aliphatic carbocycles. The molecule has 1 nitrogen and oxygen atoms in total. The summed E-state index contributed by atoms with van der Waals surface area (Å²) in [5, 5.41) is -0.0314. The van der Waals surface area contributed by atoms with Gasteiger partial charge in [0.15, 0.2) is 0 Å². The Labute approximate surface area is 150 Å². The van der Waals surface area contributed by atoms with Crippen molar-refractivity contribution in [3.63, 3.8) is 0 Å². The van der Waals surface area contributed by atoms with Crippen molar-refractivity contribution in [2.24, 2.45) is 0 Å². The molecule has 2 heteroatoms. The second-order valence-corrected chi connectivity index (χ2v) is 9.25. The van der Waals surface area contributed by atoms with E-state index in [4.69, 9.17) is 4.52 Å². The topological polar surface area (TPSA) is 12.5 Å². The van der Waals surface area contributed by atoms with Crippen LogP contribution in [-0.2, 0) is 9.68 Å². The summed E-state index contributed by atoms with van der Waals surface area (Å²) in [6, 6.07) is 32.9. The van der Waals surface area contributed by atoms with E-state index in [0.29, 0.717) is 0 Å². The maximum atomic E-state index is 6.53. The predicted octanol–water partition coefficient (Wildman–Crippen LogP) is 6.29. The predicted molar refractivity (Wildman–Crippen MR) is 104 cm³/mol. The first kappa shape index (κ1) is 15.3. The lowest BCUT2D eigenvalue weighted by Gasteiger charge is -2.37. The summed E-state index contributed by atoms with van der Waals surface area (Å²) in [5.74, 6) is 0. The van der Waals surface area contributed by atoms with Crippen molar-refractivity contribution < 1.29 is 4.52 Å². The van der Waals surface area contributed by atoms with Gasteiger partial charge in [0.1, 0.15) is 5.34 Å². The standard InChI is InChI=1S/C23H21OP/c1-4-11-19(12-5-1)23(20-13-6-2-7-14-20,21-15-8-3-9-16-21)25-22(24-25)17-10-18-22/h1-9,11-16H,10,17-18H2. The molecule has 2 fully saturated rings. The van der Waals surface area contributed by atoms with Crippen molar-refractivity contribution in [3.8, 4) is 0 Å². The van der Waals surface area contributed by atoms with Crippen LogP contribution >= 0.6 is 8.15 Å². The van der Waals surface area contributed by atoms with Crippen LogP contribution in [0.1, 0.15) is 36.0 Å². The lowest BCUT2D eigenvalue weighted by atomic mass is 9.84. The summed E-state index contributed by atoms with van der Waals surface area (Å²) in [6.07, 6.45) is 3.73. The molecule has 1 saturated carbocycles. The van der Waals surface area contributed by atoms with Gasteiger partial charge >= 0.3 is 0 Å². The average molecular weight is 344 g/mol. The number of hydrogen-bond donors (Lipinski definition) is 0. The minimum Gasteiger partial charge on any atom is -0.341 e. The molecular weight excluding hydrogens is 323 g/mol. The smallest absolute Gasteiger partial charge is 0.118 e. The van der Waals surface area contributed by atoms with E-state index in [2.05, 4.69) is 91.0 Å². The number of hydrogen-bond acceptors (Lipinski definition) is 1. The van der Waals surface area contributed by atoms with Crippen LogP contribution in [0, 0.1) is 0 Å². The van der Waals surface area contributed by atoms with Gasteiger partial charge in [-0.05, 0) is 36.0 Å². The molecule has 0 radical (unpaired) electrons. The zero-order valence-corrected chi connectivity index (χ0v) is 15.0. The van der Waals surface area contributed by atoms with Crippen LogP contribution in [0.5, 0.6) is 0 Å². The first-order valence-electron chi connectivity index (χ1n) is 9.02. The van der Waals surface area contributed by atoms with Crippen molar-refractivity contribution in [2.75, 3.05) is 0 Å². The Hall–Kier alpha value is -1.95. The van der Waals surface area contributed by atoms with E-state index in [1.54, 1.807) is 0 Å². The Bertz CT molecular complexity index is 760. The third kappa shape index (κ3) is 2.23. The molecule has 0 amide bonds. The van der Waals surface area contributed by atoms with Crippen molar-refractivity contribution in [1.82, 2.24) is 0 Å². The van der Waals surface area contributed by atoms with Gasteiger partial charge in [-0.15, -0.1) is 0 Å². The van der Waals surface area contributed by atoms with E-state index in [1.807, 2.05) is 0 Å². The maximum Gasteiger partial charge on any atom is 0.118 e. The molecule has 1 atom stereocenters. The maximum absolute atomic E-state index is 6.53. The highest BCUT2D eigenvalue weighted by Gasteiger charge is 2.69. The van der Waals surface area contributed by atoms with Gasteiger partial charge in [-0.25, -0.2) is 0 Å². The fourth-order valence-corrected chi connectivity index (χ4v) is 7.41. The van der Waals surface area contributed by atoms with E-state index in [0.717, 1.165) is 0 Å². The van der Waals surface area contributed by atoms with Gasteiger partial charge in [0.05, 0.1) is 13.3 Å². The van der Waals surface area contributed by atoms with Crippen LogP contribution in [0.25, 0.3) is 0 Å². The van der Waals surface area contributed by atoms with Gasteiger partial charge in [0, 0.05) is 0 Å².